The van der Waals surface area contributed by atoms with Crippen molar-refractivity contribution in [3.05, 3.63) is 123 Å². The van der Waals surface area contributed by atoms with E-state index in [1.54, 1.807) is 6.07 Å². The summed E-state index contributed by atoms with van der Waals surface area (Å²) >= 11 is 0. The van der Waals surface area contributed by atoms with Crippen molar-refractivity contribution >= 4 is 22.4 Å². The molecule has 2 atom stereocenters. The van der Waals surface area contributed by atoms with E-state index >= 15 is 0 Å². The second kappa shape index (κ2) is 12.4. The number of benzene rings is 4. The minimum absolute atomic E-state index is 0. The van der Waals surface area contributed by atoms with Crippen LogP contribution in [0.5, 0.6) is 17.4 Å². The first kappa shape index (κ1) is 32.3. The Morgan fingerprint density at radius 1 is 0.857 bits per heavy atom. The molecule has 0 saturated heterocycles. The summed E-state index contributed by atoms with van der Waals surface area (Å²) in [6.45, 7) is 21.4. The third kappa shape index (κ3) is 6.20. The standard InChI is InChI=1S/C43H46N3O2.Pt/c1-24-17-25(2)27(4)39(26(24)3)46-40-34-14-12-11-13-28(34)21-35(40)44-41(46)30-19-31(42(5,6)7)22-33(20-30)48-37-16-15-29-18-32(43(8,9)10)23-36(47)38(29)45-37;/h11-19,22-23,35,40,47H,21H2,1-10H3;/q-1;/t35-,40+;/m0./s1/i21D2;. The zero-order chi connectivity index (χ0) is 36.1. The average Bonchev–Trinajstić information content (AvgIpc) is 3.53. The smallest absolute Gasteiger partial charge is 0.217 e. The Morgan fingerprint density at radius 2 is 1.51 bits per heavy atom. The predicted molar refractivity (Wildman–Crippen MR) is 197 cm³/mol. The summed E-state index contributed by atoms with van der Waals surface area (Å²) in [5.74, 6) is 1.60. The van der Waals surface area contributed by atoms with Crippen molar-refractivity contribution in [3.8, 4) is 17.4 Å². The number of phenols is 1. The monoisotopic (exact) mass is 833 g/mol. The van der Waals surface area contributed by atoms with Crippen LogP contribution in [0, 0.1) is 33.8 Å². The molecule has 4 aromatic carbocycles. The van der Waals surface area contributed by atoms with Gasteiger partial charge in [0.25, 0.3) is 0 Å². The summed E-state index contributed by atoms with van der Waals surface area (Å²) in [4.78, 5) is 12.3. The van der Waals surface area contributed by atoms with Crippen LogP contribution >= 0.6 is 0 Å². The van der Waals surface area contributed by atoms with E-state index in [0.29, 0.717) is 28.5 Å². The molecule has 2 aliphatic rings. The molecular weight excluding hydrogens is 786 g/mol. The fourth-order valence-corrected chi connectivity index (χ4v) is 6.96. The molecule has 0 spiro atoms. The topological polar surface area (TPSA) is 58.0 Å². The minimum Gasteiger partial charge on any atom is -0.506 e. The predicted octanol–water partition coefficient (Wildman–Crippen LogP) is 10.3. The van der Waals surface area contributed by atoms with Crippen molar-refractivity contribution in [2.45, 2.75) is 98.5 Å². The van der Waals surface area contributed by atoms with Gasteiger partial charge in [0.1, 0.15) is 11.3 Å². The second-order valence-corrected chi connectivity index (χ2v) is 15.5. The molecule has 6 heteroatoms. The van der Waals surface area contributed by atoms with Crippen LogP contribution in [0.3, 0.4) is 0 Å². The van der Waals surface area contributed by atoms with Crippen LogP contribution in [0.25, 0.3) is 10.9 Å². The molecule has 1 aliphatic heterocycles. The molecule has 256 valence electrons. The molecule has 0 saturated carbocycles. The van der Waals surface area contributed by atoms with E-state index in [1.165, 1.54) is 11.1 Å². The Morgan fingerprint density at radius 3 is 2.18 bits per heavy atom. The number of amidine groups is 1. The van der Waals surface area contributed by atoms with Gasteiger partial charge in [-0.15, -0.1) is 17.2 Å². The quantitative estimate of drug-likeness (QED) is 0.183. The number of hydrogen-bond donors (Lipinski definition) is 1. The van der Waals surface area contributed by atoms with Crippen molar-refractivity contribution in [1.82, 2.24) is 4.98 Å². The molecule has 0 radical (unpaired) electrons. The maximum atomic E-state index is 11.0. The number of aryl methyl sites for hydroxylation is 2. The molecule has 7 rings (SSSR count). The maximum Gasteiger partial charge on any atom is 0.217 e. The number of rotatable bonds is 4. The summed E-state index contributed by atoms with van der Waals surface area (Å²) in [5.41, 5.74) is 10.2. The van der Waals surface area contributed by atoms with Gasteiger partial charge in [0.15, 0.2) is 0 Å². The number of aromatic hydroxyl groups is 1. The van der Waals surface area contributed by atoms with E-state index < -0.39 is 12.4 Å². The SMILES string of the molecule is [2H]C1([2H])c2ccccc2[C@@H]2[C@H]1N=C(c1[c-]c(Oc3ccc4cc(C(C)(C)C)cc(O)c4n3)cc(C(C)(C)C)c1)N2c1c(C)c(C)cc(C)c1C.[Pt]. The van der Waals surface area contributed by atoms with Crippen molar-refractivity contribution < 1.29 is 33.7 Å². The third-order valence-electron chi connectivity index (χ3n) is 10.00. The van der Waals surface area contributed by atoms with Crippen molar-refractivity contribution in [2.24, 2.45) is 4.99 Å². The first-order chi connectivity index (χ1) is 23.4. The Hall–Kier alpha value is -3.95. The molecular formula is C43H46N3O2Pt-. The van der Waals surface area contributed by atoms with Gasteiger partial charge >= 0.3 is 0 Å². The summed E-state index contributed by atoms with van der Waals surface area (Å²) in [6.07, 6.45) is -1.66. The molecule has 0 fully saturated rings. The molecule has 1 aliphatic carbocycles. The van der Waals surface area contributed by atoms with E-state index in [1.807, 2.05) is 42.5 Å². The molecule has 2 heterocycles. The molecule has 1 aromatic heterocycles. The normalized spacial score (nSPS) is 18.7. The Bertz CT molecular complexity index is 2210. The summed E-state index contributed by atoms with van der Waals surface area (Å²) in [7, 11) is 0. The van der Waals surface area contributed by atoms with Crippen LogP contribution in [-0.4, -0.2) is 22.0 Å². The largest absolute Gasteiger partial charge is 0.506 e. The van der Waals surface area contributed by atoms with Gasteiger partial charge in [0.05, 0.1) is 17.9 Å². The minimum atomic E-state index is -1.66. The summed E-state index contributed by atoms with van der Waals surface area (Å²) < 4.78 is 25.1. The number of phenolic OH excluding ortho intramolecular Hbond substituents is 1. The van der Waals surface area contributed by atoms with E-state index in [2.05, 4.69) is 98.4 Å². The number of pyridine rings is 1. The van der Waals surface area contributed by atoms with Crippen molar-refractivity contribution in [3.63, 3.8) is 0 Å². The van der Waals surface area contributed by atoms with E-state index in [9.17, 15) is 7.85 Å². The maximum absolute atomic E-state index is 11.0. The zero-order valence-corrected chi connectivity index (χ0v) is 32.3. The number of hydrogen-bond acceptors (Lipinski definition) is 5. The van der Waals surface area contributed by atoms with Crippen molar-refractivity contribution in [2.75, 3.05) is 4.90 Å². The number of aromatic nitrogens is 1. The molecule has 49 heavy (non-hydrogen) atoms. The first-order valence-electron chi connectivity index (χ1n) is 17.8. The third-order valence-corrected chi connectivity index (χ3v) is 10.00. The molecule has 1 N–H and O–H groups in total. The Kier molecular flexibility index (Phi) is 8.18. The number of aliphatic imine (C=N–C) groups is 1. The van der Waals surface area contributed by atoms with E-state index in [0.717, 1.165) is 44.5 Å². The summed E-state index contributed by atoms with van der Waals surface area (Å²) in [5, 5.41) is 11.8. The molecule has 5 aromatic rings. The zero-order valence-electron chi connectivity index (χ0n) is 32.0. The fourth-order valence-electron chi connectivity index (χ4n) is 6.96. The van der Waals surface area contributed by atoms with Gasteiger partial charge < -0.3 is 19.7 Å². The van der Waals surface area contributed by atoms with Crippen LogP contribution in [0.1, 0.15) is 100 Å². The van der Waals surface area contributed by atoms with Gasteiger partial charge in [0.2, 0.25) is 5.88 Å². The fraction of sp³-hybridized carbons (Fsp3) is 0.349. The van der Waals surface area contributed by atoms with Gasteiger partial charge in [-0.2, -0.15) is 0 Å². The number of nitrogens with zero attached hydrogens (tertiary/aromatic N) is 3. The van der Waals surface area contributed by atoms with Gasteiger partial charge in [-0.1, -0.05) is 84.0 Å². The van der Waals surface area contributed by atoms with Crippen LogP contribution in [0.15, 0.2) is 71.7 Å². The first-order valence-corrected chi connectivity index (χ1v) is 16.8. The molecule has 5 nitrogen and oxygen atoms in total. The van der Waals surface area contributed by atoms with Crippen LogP contribution in [-0.2, 0) is 38.3 Å². The van der Waals surface area contributed by atoms with Gasteiger partial charge in [-0.05, 0) is 102 Å². The Labute approximate surface area is 308 Å². The number of anilines is 1. The van der Waals surface area contributed by atoms with Gasteiger partial charge in [-0.3, -0.25) is 0 Å². The van der Waals surface area contributed by atoms with Crippen molar-refractivity contribution in [1.29, 1.82) is 0 Å². The van der Waals surface area contributed by atoms with E-state index in [-0.39, 0.29) is 43.7 Å². The van der Waals surface area contributed by atoms with Gasteiger partial charge in [0, 0.05) is 46.7 Å². The average molecular weight is 834 g/mol. The number of ether oxygens (including phenoxy) is 1. The van der Waals surface area contributed by atoms with Crippen LogP contribution in [0.2, 0.25) is 0 Å². The molecule has 0 bridgehead atoms. The Balaban J connectivity index is 0.00000448. The molecule has 0 amide bonds. The van der Waals surface area contributed by atoms with Crippen LogP contribution in [0.4, 0.5) is 5.69 Å². The second-order valence-electron chi connectivity index (χ2n) is 15.5. The van der Waals surface area contributed by atoms with E-state index in [4.69, 9.17) is 14.7 Å². The number of fused-ring (bicyclic) bond motifs is 4. The van der Waals surface area contributed by atoms with Crippen LogP contribution < -0.4 is 9.64 Å². The summed E-state index contributed by atoms with van der Waals surface area (Å²) in [6, 6.07) is 24.3. The molecule has 0 unspecified atom stereocenters. The van der Waals surface area contributed by atoms with Gasteiger partial charge in [-0.25, -0.2) is 4.98 Å².